The molecule has 4 unspecified atom stereocenters. The zero-order chi connectivity index (χ0) is 28.8. The van der Waals surface area contributed by atoms with E-state index in [-0.39, 0.29) is 23.9 Å². The summed E-state index contributed by atoms with van der Waals surface area (Å²) in [5, 5.41) is 29.9. The van der Waals surface area contributed by atoms with E-state index < -0.39 is 55.0 Å². The minimum Gasteiger partial charge on any atom is -0.480 e. The molecule has 0 aromatic heterocycles. The molecular weight excluding hydrogens is 514 g/mol. The van der Waals surface area contributed by atoms with Gasteiger partial charge in [0.05, 0.1) is 13.2 Å². The second-order valence-corrected chi connectivity index (χ2v) is 11.0. The van der Waals surface area contributed by atoms with Crippen molar-refractivity contribution in [3.8, 4) is 0 Å². The number of esters is 1. The van der Waals surface area contributed by atoms with Gasteiger partial charge in [-0.3, -0.25) is 14.5 Å². The van der Waals surface area contributed by atoms with Crippen LogP contribution in [0.15, 0.2) is 30.3 Å². The van der Waals surface area contributed by atoms with Gasteiger partial charge >= 0.3 is 17.9 Å². The van der Waals surface area contributed by atoms with Crippen LogP contribution in [0.4, 0.5) is 8.78 Å². The fraction of sp³-hybridized carbons (Fsp3) is 0.679. The van der Waals surface area contributed by atoms with Crippen LogP contribution in [-0.4, -0.2) is 82.4 Å². The maximum atomic E-state index is 14.0. The van der Waals surface area contributed by atoms with Crippen molar-refractivity contribution in [1.82, 2.24) is 10.2 Å². The molecule has 2 aliphatic heterocycles. The molecule has 1 saturated carbocycles. The highest BCUT2D eigenvalue weighted by Gasteiger charge is 2.51. The maximum absolute atomic E-state index is 14.0. The van der Waals surface area contributed by atoms with Crippen LogP contribution in [0.5, 0.6) is 0 Å². The zero-order valence-electron chi connectivity index (χ0n) is 22.5. The molecule has 6 atom stereocenters. The number of likely N-dealkylation sites (tertiary alicyclic amines) is 1. The number of hydrogen-bond acceptors (Lipinski definition) is 7. The number of aliphatic hydroxyl groups excluding tert-OH is 1. The lowest BCUT2D eigenvalue weighted by atomic mass is 9.58. The van der Waals surface area contributed by atoms with Gasteiger partial charge in [0.1, 0.15) is 12.1 Å². The van der Waals surface area contributed by atoms with Crippen molar-refractivity contribution in [3.05, 3.63) is 35.9 Å². The summed E-state index contributed by atoms with van der Waals surface area (Å²) in [5.41, 5.74) is 0.498. The van der Waals surface area contributed by atoms with Gasteiger partial charge in [0.15, 0.2) is 6.10 Å². The van der Waals surface area contributed by atoms with Crippen molar-refractivity contribution < 1.29 is 43.2 Å². The Bertz CT molecular complexity index is 995. The Morgan fingerprint density at radius 1 is 1.15 bits per heavy atom. The van der Waals surface area contributed by atoms with Gasteiger partial charge in [0, 0.05) is 19.5 Å². The number of piperidine rings is 1. The fourth-order valence-electron chi connectivity index (χ4n) is 6.34. The van der Waals surface area contributed by atoms with Crippen molar-refractivity contribution in [3.63, 3.8) is 0 Å². The summed E-state index contributed by atoms with van der Waals surface area (Å²) >= 11 is 0. The number of aliphatic hydroxyl groups is 1. The van der Waals surface area contributed by atoms with Crippen LogP contribution < -0.4 is 5.32 Å². The number of fused-ring (bicyclic) bond motifs is 1. The highest BCUT2D eigenvalue weighted by Crippen LogP contribution is 2.50. The minimum atomic E-state index is -2.87. The third-order valence-corrected chi connectivity index (χ3v) is 8.53. The summed E-state index contributed by atoms with van der Waals surface area (Å²) in [4.78, 5) is 35.4. The number of benzene rings is 1. The number of hydrogen-bond donors (Lipinski definition) is 4. The number of nitrogens with one attached hydrogen (secondary N) is 1. The monoisotopic (exact) mass is 554 g/mol. The molecule has 39 heavy (non-hydrogen) atoms. The number of ether oxygens (including phenoxy) is 1. The van der Waals surface area contributed by atoms with E-state index in [1.807, 2.05) is 0 Å². The van der Waals surface area contributed by atoms with Crippen molar-refractivity contribution in [2.45, 2.75) is 76.5 Å². The lowest BCUT2D eigenvalue weighted by Crippen LogP contribution is -2.56. The van der Waals surface area contributed by atoms with Crippen molar-refractivity contribution in [2.75, 3.05) is 26.2 Å². The smallest absolute Gasteiger partial charge is 0.337 e. The summed E-state index contributed by atoms with van der Waals surface area (Å²) in [7, 11) is 0. The third-order valence-electron chi connectivity index (χ3n) is 8.53. The first-order valence-electron chi connectivity index (χ1n) is 13.6. The quantitative estimate of drug-likeness (QED) is 0.357. The number of carboxylic acids is 2. The van der Waals surface area contributed by atoms with Gasteiger partial charge in [0.2, 0.25) is 0 Å². The number of aliphatic carboxylic acids is 2. The Morgan fingerprint density at radius 2 is 1.85 bits per heavy atom. The summed E-state index contributed by atoms with van der Waals surface area (Å²) in [6.07, 6.45) is 2.39. The first-order chi connectivity index (χ1) is 18.4. The van der Waals surface area contributed by atoms with E-state index in [2.05, 4.69) is 12.2 Å². The molecule has 0 bridgehead atoms. The number of halogens is 2. The van der Waals surface area contributed by atoms with Crippen molar-refractivity contribution in [2.24, 2.45) is 17.3 Å². The average molecular weight is 555 g/mol. The molecule has 4 rings (SSSR count). The molecule has 11 heteroatoms. The van der Waals surface area contributed by atoms with E-state index in [4.69, 9.17) is 14.9 Å². The normalized spacial score (nSPS) is 30.8. The molecule has 3 aliphatic rings. The summed E-state index contributed by atoms with van der Waals surface area (Å²) in [6.45, 7) is 4.75. The highest BCUT2D eigenvalue weighted by atomic mass is 19.3. The Kier molecular flexibility index (Phi) is 10.4. The third kappa shape index (κ3) is 7.73. The van der Waals surface area contributed by atoms with E-state index in [0.717, 1.165) is 25.7 Å². The Morgan fingerprint density at radius 3 is 2.44 bits per heavy atom. The first-order valence-corrected chi connectivity index (χ1v) is 13.6. The number of carboxylic acid groups (broad SMARTS) is 2. The molecule has 1 aliphatic carbocycles. The Hall–Kier alpha value is -2.63. The first kappa shape index (κ1) is 30.9. The predicted molar refractivity (Wildman–Crippen MR) is 138 cm³/mol. The van der Waals surface area contributed by atoms with Crippen LogP contribution >= 0.6 is 0 Å². The molecule has 3 fully saturated rings. The van der Waals surface area contributed by atoms with Gasteiger partial charge < -0.3 is 25.4 Å². The Balaban J connectivity index is 0.000000320. The molecule has 218 valence electrons. The fourth-order valence-corrected chi connectivity index (χ4v) is 6.34. The zero-order valence-corrected chi connectivity index (χ0v) is 22.5. The van der Waals surface area contributed by atoms with Crippen LogP contribution in [0, 0.1) is 17.3 Å². The molecule has 1 aromatic carbocycles. The number of nitrogens with zero attached hydrogens (tertiary/aromatic N) is 1. The molecule has 2 heterocycles. The van der Waals surface area contributed by atoms with Gasteiger partial charge in [0.25, 0.3) is 5.92 Å². The van der Waals surface area contributed by atoms with Crippen molar-refractivity contribution >= 4 is 17.9 Å². The van der Waals surface area contributed by atoms with E-state index in [1.165, 1.54) is 0 Å². The SMILES string of the molecule is CCOC(=O)[C@@H]1CC(F)(F)CN1CC1CC[C@@]2(CC)CNC(C(=O)O)CC2C1.O=C(O)C(O)c1ccccc1. The summed E-state index contributed by atoms with van der Waals surface area (Å²) in [6, 6.07) is 6.85. The molecule has 9 nitrogen and oxygen atoms in total. The average Bonchev–Trinajstić information content (AvgIpc) is 3.22. The summed E-state index contributed by atoms with van der Waals surface area (Å²) in [5.74, 6) is -5.02. The van der Waals surface area contributed by atoms with Gasteiger partial charge in [-0.25, -0.2) is 13.6 Å². The lowest BCUT2D eigenvalue weighted by Gasteiger charge is -2.51. The number of carbonyl (C=O) groups excluding carboxylic acids is 1. The minimum absolute atomic E-state index is 0.0952. The van der Waals surface area contributed by atoms with E-state index in [9.17, 15) is 28.3 Å². The molecule has 2 saturated heterocycles. The van der Waals surface area contributed by atoms with Crippen LogP contribution in [-0.2, 0) is 19.1 Å². The van der Waals surface area contributed by atoms with E-state index >= 15 is 0 Å². The highest BCUT2D eigenvalue weighted by molar-refractivity contribution is 5.76. The molecule has 4 N–H and O–H groups in total. The molecule has 0 spiro atoms. The van der Waals surface area contributed by atoms with Gasteiger partial charge in [-0.15, -0.1) is 0 Å². The number of carbonyl (C=O) groups is 3. The molecule has 0 amide bonds. The predicted octanol–water partition coefficient (Wildman–Crippen LogP) is 3.32. The Labute approximate surface area is 227 Å². The van der Waals surface area contributed by atoms with E-state index in [1.54, 1.807) is 42.2 Å². The summed E-state index contributed by atoms with van der Waals surface area (Å²) < 4.78 is 33.0. The van der Waals surface area contributed by atoms with Crippen molar-refractivity contribution in [1.29, 1.82) is 0 Å². The number of rotatable bonds is 8. The van der Waals surface area contributed by atoms with Crippen LogP contribution in [0.3, 0.4) is 0 Å². The molecule has 1 aromatic rings. The number of alkyl halides is 2. The topological polar surface area (TPSA) is 136 Å². The maximum Gasteiger partial charge on any atom is 0.337 e. The van der Waals surface area contributed by atoms with Crippen LogP contribution in [0.2, 0.25) is 0 Å². The second-order valence-electron chi connectivity index (χ2n) is 11.0. The molecular formula is C28H40F2N2O7. The standard InChI is InChI=1S/C20H32F2N2O4.C8H8O3/c1-3-19-6-5-13(7-14(19)8-15(17(25)26)23-11-19)10-24-12-20(21,22)9-16(24)18(27)28-4-2;9-7(8(10)11)6-4-2-1-3-5-6/h13-16,23H,3-12H2,1-2H3,(H,25,26);1-5,7,9H,(H,10,11)/t13?,14?,15?,16-,19-;/m0./s1. The van der Waals surface area contributed by atoms with Gasteiger partial charge in [-0.1, -0.05) is 37.3 Å². The lowest BCUT2D eigenvalue weighted by molar-refractivity contribution is -0.149. The van der Waals surface area contributed by atoms with Crippen LogP contribution in [0.1, 0.15) is 64.0 Å². The second kappa shape index (κ2) is 13.1. The van der Waals surface area contributed by atoms with Gasteiger partial charge in [-0.2, -0.15) is 0 Å². The molecule has 0 radical (unpaired) electrons. The van der Waals surface area contributed by atoms with Crippen LogP contribution in [0.25, 0.3) is 0 Å². The van der Waals surface area contributed by atoms with Gasteiger partial charge in [-0.05, 0) is 61.8 Å². The largest absolute Gasteiger partial charge is 0.480 e. The van der Waals surface area contributed by atoms with E-state index in [0.29, 0.717) is 25.1 Å².